The Morgan fingerprint density at radius 3 is 2.49 bits per heavy atom. The van der Waals surface area contributed by atoms with Gasteiger partial charge in [0.25, 0.3) is 5.91 Å². The summed E-state index contributed by atoms with van der Waals surface area (Å²) in [5, 5.41) is 3.47. The van der Waals surface area contributed by atoms with Crippen LogP contribution in [-0.4, -0.2) is 60.1 Å². The fourth-order valence-electron chi connectivity index (χ4n) is 6.01. The van der Waals surface area contributed by atoms with Crippen LogP contribution < -0.4 is 5.32 Å². The van der Waals surface area contributed by atoms with Crippen molar-refractivity contribution in [2.75, 3.05) is 38.5 Å². The molecule has 0 bridgehead atoms. The number of carbonyl (C=O) groups excluding carboxylic acids is 2. The number of nitrogens with zero attached hydrogens (tertiary/aromatic N) is 2. The molecule has 1 aliphatic carbocycles. The average molecular weight is 492 g/mol. The molecule has 2 heterocycles. The summed E-state index contributed by atoms with van der Waals surface area (Å²) in [6.45, 7) is 4.15. The molecule has 3 atom stereocenters. The molecule has 6 heteroatoms. The Bertz CT molecular complexity index is 1010. The topological polar surface area (TPSA) is 52.7 Å². The Morgan fingerprint density at radius 1 is 0.914 bits per heavy atom. The number of piperazine rings is 1. The fraction of sp³-hybridized carbons (Fsp3) is 0.517. The number of hydrogen-bond acceptors (Lipinski definition) is 4. The monoisotopic (exact) mass is 491 g/mol. The van der Waals surface area contributed by atoms with Crippen LogP contribution in [0.2, 0.25) is 0 Å². The van der Waals surface area contributed by atoms with Crippen LogP contribution in [0.3, 0.4) is 0 Å². The van der Waals surface area contributed by atoms with Gasteiger partial charge in [-0.25, -0.2) is 0 Å². The second-order valence-electron chi connectivity index (χ2n) is 10.2. The molecule has 35 heavy (non-hydrogen) atoms. The fourth-order valence-corrected chi connectivity index (χ4v) is 7.35. The SMILES string of the molecule is O=C(CCCN1CCN(C(=O)c2ccccc2)CC1)N[C@H]1c2ccccc2SC[C@@H]2CCCC[C@H]21. The molecular weight excluding hydrogens is 454 g/mol. The van der Waals surface area contributed by atoms with E-state index >= 15 is 0 Å². The number of nitrogens with one attached hydrogen (secondary N) is 1. The van der Waals surface area contributed by atoms with E-state index in [-0.39, 0.29) is 17.9 Å². The summed E-state index contributed by atoms with van der Waals surface area (Å²) in [7, 11) is 0. The molecule has 2 fully saturated rings. The number of amides is 2. The zero-order chi connectivity index (χ0) is 24.0. The summed E-state index contributed by atoms with van der Waals surface area (Å²) in [6.07, 6.45) is 6.53. The van der Waals surface area contributed by atoms with Crippen molar-refractivity contribution in [3.63, 3.8) is 0 Å². The normalized spacial score (nSPS) is 24.7. The van der Waals surface area contributed by atoms with Gasteiger partial charge in [-0.2, -0.15) is 0 Å². The largest absolute Gasteiger partial charge is 0.349 e. The molecule has 1 saturated heterocycles. The van der Waals surface area contributed by atoms with Crippen LogP contribution in [0.15, 0.2) is 59.5 Å². The molecule has 0 radical (unpaired) electrons. The Labute approximate surface area is 213 Å². The third-order valence-corrected chi connectivity index (χ3v) is 9.26. The molecule has 5 nitrogen and oxygen atoms in total. The lowest BCUT2D eigenvalue weighted by Crippen LogP contribution is -2.49. The quantitative estimate of drug-likeness (QED) is 0.618. The minimum absolute atomic E-state index is 0.118. The predicted octanol–water partition coefficient (Wildman–Crippen LogP) is 4.99. The zero-order valence-corrected chi connectivity index (χ0v) is 21.3. The van der Waals surface area contributed by atoms with Gasteiger partial charge in [-0.05, 0) is 61.4 Å². The van der Waals surface area contributed by atoms with Gasteiger partial charge in [-0.3, -0.25) is 14.5 Å². The maximum atomic E-state index is 13.1. The Morgan fingerprint density at radius 2 is 1.66 bits per heavy atom. The third kappa shape index (κ3) is 5.92. The van der Waals surface area contributed by atoms with Gasteiger partial charge in [-0.1, -0.05) is 49.2 Å². The van der Waals surface area contributed by atoms with E-state index in [0.717, 1.165) is 44.7 Å². The minimum atomic E-state index is 0.118. The molecule has 5 rings (SSSR count). The Balaban J connectivity index is 1.10. The molecule has 2 aromatic rings. The minimum Gasteiger partial charge on any atom is -0.349 e. The summed E-state index contributed by atoms with van der Waals surface area (Å²) in [5.41, 5.74) is 2.08. The summed E-state index contributed by atoms with van der Waals surface area (Å²) < 4.78 is 0. The average Bonchev–Trinajstić information content (AvgIpc) is 3.06. The number of thioether (sulfide) groups is 1. The first-order valence-electron chi connectivity index (χ1n) is 13.3. The standard InChI is InChI=1S/C29H37N3O2S/c33-27(15-8-16-31-17-19-32(20-18-31)29(34)22-9-2-1-3-10-22)30-28-24-12-5-4-11-23(24)21-35-26-14-7-6-13-25(26)28/h1-3,6-7,9-10,13-14,23-24,28H,4-5,8,11-12,15-21H2,(H,30,33)/t23-,24+,28+/m0/s1. The van der Waals surface area contributed by atoms with Crippen LogP contribution in [0, 0.1) is 11.8 Å². The first kappa shape index (κ1) is 24.4. The van der Waals surface area contributed by atoms with Crippen molar-refractivity contribution in [2.45, 2.75) is 49.5 Å². The molecule has 2 aromatic carbocycles. The smallest absolute Gasteiger partial charge is 0.253 e. The third-order valence-electron chi connectivity index (χ3n) is 7.98. The van der Waals surface area contributed by atoms with E-state index in [0.29, 0.717) is 18.3 Å². The van der Waals surface area contributed by atoms with Crippen molar-refractivity contribution < 1.29 is 9.59 Å². The highest BCUT2D eigenvalue weighted by Gasteiger charge is 2.37. The van der Waals surface area contributed by atoms with E-state index in [9.17, 15) is 9.59 Å². The van der Waals surface area contributed by atoms with Gasteiger partial charge in [0.2, 0.25) is 5.91 Å². The predicted molar refractivity (Wildman–Crippen MR) is 142 cm³/mol. The molecular formula is C29H37N3O2S. The molecule has 0 spiro atoms. The van der Waals surface area contributed by atoms with Crippen molar-refractivity contribution in [1.82, 2.24) is 15.1 Å². The van der Waals surface area contributed by atoms with Crippen LogP contribution >= 0.6 is 11.8 Å². The van der Waals surface area contributed by atoms with E-state index in [1.165, 1.54) is 41.9 Å². The molecule has 0 unspecified atom stereocenters. The summed E-state index contributed by atoms with van der Waals surface area (Å²) in [5.74, 6) is 2.72. The highest BCUT2D eigenvalue weighted by molar-refractivity contribution is 7.99. The van der Waals surface area contributed by atoms with Gasteiger partial charge < -0.3 is 10.2 Å². The number of carbonyl (C=O) groups is 2. The first-order chi connectivity index (χ1) is 17.2. The van der Waals surface area contributed by atoms with E-state index < -0.39 is 0 Å². The van der Waals surface area contributed by atoms with Crippen LogP contribution in [0.25, 0.3) is 0 Å². The number of hydrogen-bond donors (Lipinski definition) is 1. The van der Waals surface area contributed by atoms with Crippen molar-refractivity contribution >= 4 is 23.6 Å². The van der Waals surface area contributed by atoms with Crippen LogP contribution in [0.1, 0.15) is 60.5 Å². The zero-order valence-electron chi connectivity index (χ0n) is 20.5. The molecule has 186 valence electrons. The maximum Gasteiger partial charge on any atom is 0.253 e. The van der Waals surface area contributed by atoms with Gasteiger partial charge >= 0.3 is 0 Å². The molecule has 1 saturated carbocycles. The van der Waals surface area contributed by atoms with Gasteiger partial charge in [0, 0.05) is 48.8 Å². The highest BCUT2D eigenvalue weighted by atomic mass is 32.2. The molecule has 3 aliphatic rings. The van der Waals surface area contributed by atoms with Gasteiger partial charge in [0.15, 0.2) is 0 Å². The Kier molecular flexibility index (Phi) is 8.09. The maximum absolute atomic E-state index is 13.1. The second kappa shape index (κ2) is 11.6. The number of fused-ring (bicyclic) bond motifs is 2. The van der Waals surface area contributed by atoms with Gasteiger partial charge in [0.1, 0.15) is 0 Å². The number of benzene rings is 2. The van der Waals surface area contributed by atoms with Gasteiger partial charge in [-0.15, -0.1) is 11.8 Å². The molecule has 1 N–H and O–H groups in total. The lowest BCUT2D eigenvalue weighted by atomic mass is 9.74. The van der Waals surface area contributed by atoms with Crippen LogP contribution in [0.5, 0.6) is 0 Å². The summed E-state index contributed by atoms with van der Waals surface area (Å²) >= 11 is 1.98. The van der Waals surface area contributed by atoms with Crippen molar-refractivity contribution in [3.05, 3.63) is 65.7 Å². The molecule has 2 amide bonds. The van der Waals surface area contributed by atoms with E-state index in [4.69, 9.17) is 0 Å². The van der Waals surface area contributed by atoms with E-state index in [1.807, 2.05) is 47.0 Å². The van der Waals surface area contributed by atoms with Crippen LogP contribution in [-0.2, 0) is 4.79 Å². The summed E-state index contributed by atoms with van der Waals surface area (Å²) in [4.78, 5) is 31.4. The first-order valence-corrected chi connectivity index (χ1v) is 14.3. The summed E-state index contributed by atoms with van der Waals surface area (Å²) in [6, 6.07) is 18.3. The lowest BCUT2D eigenvalue weighted by molar-refractivity contribution is -0.122. The molecule has 2 aliphatic heterocycles. The van der Waals surface area contributed by atoms with Crippen molar-refractivity contribution in [1.29, 1.82) is 0 Å². The van der Waals surface area contributed by atoms with Crippen LogP contribution in [0.4, 0.5) is 0 Å². The van der Waals surface area contributed by atoms with Gasteiger partial charge in [0.05, 0.1) is 6.04 Å². The molecule has 0 aromatic heterocycles. The highest BCUT2D eigenvalue weighted by Crippen LogP contribution is 2.46. The lowest BCUT2D eigenvalue weighted by Gasteiger charge is -2.36. The van der Waals surface area contributed by atoms with Crippen molar-refractivity contribution in [3.8, 4) is 0 Å². The van der Waals surface area contributed by atoms with Crippen molar-refractivity contribution in [2.24, 2.45) is 11.8 Å². The Hall–Kier alpha value is -2.31. The number of rotatable bonds is 6. The van der Waals surface area contributed by atoms with E-state index in [1.54, 1.807) is 0 Å². The van der Waals surface area contributed by atoms with E-state index in [2.05, 4.69) is 34.5 Å². The second-order valence-corrected chi connectivity index (χ2v) is 11.3.